The van der Waals surface area contributed by atoms with Gasteiger partial charge in [-0.2, -0.15) is 0 Å². The Bertz CT molecular complexity index is 1040. The van der Waals surface area contributed by atoms with Gasteiger partial charge in [-0.05, 0) is 41.9 Å². The number of rotatable bonds is 1. The molecule has 1 aromatic carbocycles. The van der Waals surface area contributed by atoms with Gasteiger partial charge in [-0.1, -0.05) is 39.4 Å². The van der Waals surface area contributed by atoms with Crippen molar-refractivity contribution in [2.75, 3.05) is 0 Å². The summed E-state index contributed by atoms with van der Waals surface area (Å²) in [6, 6.07) is 8.23. The lowest BCUT2D eigenvalue weighted by Gasteiger charge is -2.42. The largest absolute Gasteiger partial charge is 0.393 e. The van der Waals surface area contributed by atoms with Crippen LogP contribution in [0, 0.1) is 29.6 Å². The number of nitrogens with one attached hydrogen (secondary N) is 1. The molecule has 2 saturated carbocycles. The Hall–Kier alpha value is -1.38. The molecule has 2 aliphatic heterocycles. The molecule has 0 spiro atoms. The van der Waals surface area contributed by atoms with E-state index in [9.17, 15) is 14.4 Å². The third-order valence-corrected chi connectivity index (χ3v) is 9.80. The summed E-state index contributed by atoms with van der Waals surface area (Å²) >= 11 is 6.45. The van der Waals surface area contributed by atoms with E-state index in [0.717, 1.165) is 26.4 Å². The summed E-state index contributed by atoms with van der Waals surface area (Å²) in [7, 11) is 0. The number of aromatic amines is 1. The molecular weight excluding hydrogens is 450 g/mol. The number of fused-ring (bicyclic) bond motifs is 9. The number of cyclic esters (lactones) is 2. The molecule has 0 radical (unpaired) electrons. The first-order valence-electron chi connectivity index (χ1n) is 8.93. The molecule has 7 atom stereocenters. The summed E-state index contributed by atoms with van der Waals surface area (Å²) in [5, 5.41) is 1.15. The van der Waals surface area contributed by atoms with E-state index in [4.69, 9.17) is 4.74 Å². The number of esters is 2. The molecule has 27 heavy (non-hydrogen) atoms. The first-order valence-corrected chi connectivity index (χ1v) is 11.4. The number of thioether (sulfide) groups is 1. The lowest BCUT2D eigenvalue weighted by Crippen LogP contribution is -2.42. The minimum atomic E-state index is -0.346. The topological polar surface area (TPSA) is 76.2 Å². The van der Waals surface area contributed by atoms with E-state index in [2.05, 4.69) is 33.0 Å². The summed E-state index contributed by atoms with van der Waals surface area (Å²) in [6.45, 7) is 0. The molecule has 2 aliphatic carbocycles. The number of H-pyrrole nitrogens is 1. The molecule has 6 rings (SSSR count). The third kappa shape index (κ3) is 2.15. The lowest BCUT2D eigenvalue weighted by molar-refractivity contribution is -0.154. The van der Waals surface area contributed by atoms with Gasteiger partial charge >= 0.3 is 16.8 Å². The van der Waals surface area contributed by atoms with Crippen molar-refractivity contribution < 1.29 is 14.3 Å². The number of carbonyl (C=O) groups excluding carboxylic acids is 2. The molecule has 5 nitrogen and oxygen atoms in total. The quantitative estimate of drug-likeness (QED) is 0.518. The number of aromatic nitrogens is 1. The molecule has 1 N–H and O–H groups in total. The summed E-state index contributed by atoms with van der Waals surface area (Å²) in [5.74, 6) is -0.709. The van der Waals surface area contributed by atoms with Crippen LogP contribution in [0.3, 0.4) is 0 Å². The van der Waals surface area contributed by atoms with E-state index >= 15 is 0 Å². The van der Waals surface area contributed by atoms with Crippen LogP contribution in [0.15, 0.2) is 38.6 Å². The van der Waals surface area contributed by atoms with E-state index < -0.39 is 0 Å². The van der Waals surface area contributed by atoms with Crippen LogP contribution in [-0.4, -0.2) is 22.2 Å². The number of thiazole rings is 1. The van der Waals surface area contributed by atoms with Crippen LogP contribution in [0.5, 0.6) is 0 Å². The van der Waals surface area contributed by atoms with Gasteiger partial charge in [0.25, 0.3) is 0 Å². The molecular formula is C19H14BrNO4S2. The predicted octanol–water partition coefficient (Wildman–Crippen LogP) is 3.39. The highest BCUT2D eigenvalue weighted by molar-refractivity contribution is 9.10. The second kappa shape index (κ2) is 5.58. The Balaban J connectivity index is 1.52. The van der Waals surface area contributed by atoms with Crippen LogP contribution in [0.1, 0.15) is 22.8 Å². The fraction of sp³-hybridized carbons (Fsp3) is 0.421. The predicted molar refractivity (Wildman–Crippen MR) is 104 cm³/mol. The fourth-order valence-electron chi connectivity index (χ4n) is 5.86. The van der Waals surface area contributed by atoms with E-state index in [1.54, 1.807) is 11.8 Å². The van der Waals surface area contributed by atoms with Crippen molar-refractivity contribution in [3.63, 3.8) is 0 Å². The SMILES string of the molecule is O=C1OC(=O)C2C3CC(C4Sc5[nH]c(=O)sc5C(c5ccc(Br)cc5)C34)C12. The molecule has 2 bridgehead atoms. The molecule has 2 aromatic rings. The average Bonchev–Trinajstić information content (AvgIpc) is 3.35. The molecule has 3 heterocycles. The van der Waals surface area contributed by atoms with Crippen molar-refractivity contribution in [1.82, 2.24) is 4.98 Å². The first kappa shape index (κ1) is 16.6. The second-order valence-electron chi connectivity index (χ2n) is 7.75. The standard InChI is InChI=1S/C19H14BrNO4S2/c20-7-3-1-6(2-4-7)10-11-8-5-9(13-12(8)17(22)25-18(13)23)14(11)26-16-15(10)27-19(24)21-16/h1-4,8-14H,5H2,(H,21,24). The maximum Gasteiger partial charge on any atom is 0.317 e. The minimum Gasteiger partial charge on any atom is -0.393 e. The van der Waals surface area contributed by atoms with Crippen molar-refractivity contribution in [3.8, 4) is 0 Å². The van der Waals surface area contributed by atoms with Gasteiger partial charge in [0.15, 0.2) is 0 Å². The zero-order valence-corrected chi connectivity index (χ0v) is 17.1. The molecule has 4 aliphatic rings. The van der Waals surface area contributed by atoms with Gasteiger partial charge in [0.05, 0.1) is 16.9 Å². The number of hydrogen-bond acceptors (Lipinski definition) is 6. The van der Waals surface area contributed by atoms with Gasteiger partial charge in [0.1, 0.15) is 0 Å². The zero-order valence-electron chi connectivity index (χ0n) is 13.9. The van der Waals surface area contributed by atoms with Crippen LogP contribution < -0.4 is 4.87 Å². The van der Waals surface area contributed by atoms with Crippen LogP contribution in [0.25, 0.3) is 0 Å². The van der Waals surface area contributed by atoms with Crippen molar-refractivity contribution in [2.45, 2.75) is 22.6 Å². The van der Waals surface area contributed by atoms with Crippen LogP contribution in [0.2, 0.25) is 0 Å². The van der Waals surface area contributed by atoms with Gasteiger partial charge in [-0.15, -0.1) is 11.8 Å². The van der Waals surface area contributed by atoms with Crippen LogP contribution in [-0.2, 0) is 14.3 Å². The van der Waals surface area contributed by atoms with Crippen LogP contribution >= 0.6 is 39.0 Å². The Morgan fingerprint density at radius 3 is 2.48 bits per heavy atom. The average molecular weight is 464 g/mol. The highest BCUT2D eigenvalue weighted by atomic mass is 79.9. The minimum absolute atomic E-state index is 0.0439. The van der Waals surface area contributed by atoms with E-state index in [1.807, 2.05) is 12.1 Å². The van der Waals surface area contributed by atoms with Gasteiger partial charge < -0.3 is 9.72 Å². The van der Waals surface area contributed by atoms with Gasteiger partial charge in [0, 0.05) is 20.5 Å². The molecule has 0 amide bonds. The fourth-order valence-corrected chi connectivity index (χ4v) is 9.01. The Morgan fingerprint density at radius 1 is 1.04 bits per heavy atom. The smallest absolute Gasteiger partial charge is 0.317 e. The molecule has 8 heteroatoms. The number of ether oxygens (including phenoxy) is 1. The Labute approximate surface area is 171 Å². The molecule has 1 aromatic heterocycles. The van der Waals surface area contributed by atoms with Crippen LogP contribution in [0.4, 0.5) is 0 Å². The number of benzene rings is 1. The molecule has 7 unspecified atom stereocenters. The molecule has 3 fully saturated rings. The maximum atomic E-state index is 12.4. The number of carbonyl (C=O) groups is 2. The molecule has 1 saturated heterocycles. The van der Waals surface area contributed by atoms with E-state index in [0.29, 0.717) is 0 Å². The third-order valence-electron chi connectivity index (χ3n) is 6.69. The summed E-state index contributed by atoms with van der Waals surface area (Å²) < 4.78 is 6.01. The summed E-state index contributed by atoms with van der Waals surface area (Å²) in [4.78, 5) is 40.7. The number of halogens is 1. The van der Waals surface area contributed by atoms with Gasteiger partial charge in [-0.25, -0.2) is 0 Å². The van der Waals surface area contributed by atoms with Gasteiger partial charge in [0.2, 0.25) is 0 Å². The highest BCUT2D eigenvalue weighted by Gasteiger charge is 2.69. The van der Waals surface area contributed by atoms with E-state index in [1.165, 1.54) is 11.3 Å². The normalized spacial score (nSPS) is 38.5. The highest BCUT2D eigenvalue weighted by Crippen LogP contribution is 2.68. The van der Waals surface area contributed by atoms with Crippen molar-refractivity contribution in [3.05, 3.63) is 48.8 Å². The zero-order chi connectivity index (χ0) is 18.4. The lowest BCUT2D eigenvalue weighted by atomic mass is 9.68. The number of hydrogen-bond donors (Lipinski definition) is 1. The van der Waals surface area contributed by atoms with E-state index in [-0.39, 0.29) is 57.6 Å². The Morgan fingerprint density at radius 2 is 1.74 bits per heavy atom. The summed E-state index contributed by atoms with van der Waals surface area (Å²) in [6.07, 6.45) is 0.894. The van der Waals surface area contributed by atoms with Gasteiger partial charge in [-0.3, -0.25) is 14.4 Å². The second-order valence-corrected chi connectivity index (χ2v) is 10.9. The maximum absolute atomic E-state index is 12.4. The van der Waals surface area contributed by atoms with Crippen molar-refractivity contribution >= 4 is 51.0 Å². The molecule has 138 valence electrons. The first-order chi connectivity index (χ1) is 13.0. The van der Waals surface area contributed by atoms with Crippen molar-refractivity contribution in [1.29, 1.82) is 0 Å². The summed E-state index contributed by atoms with van der Waals surface area (Å²) in [5.41, 5.74) is 1.16. The monoisotopic (exact) mass is 463 g/mol. The Kier molecular flexibility index (Phi) is 3.42. The van der Waals surface area contributed by atoms with Crippen molar-refractivity contribution in [2.24, 2.45) is 29.6 Å².